The van der Waals surface area contributed by atoms with E-state index < -0.39 is 66.9 Å². The molecule has 0 aliphatic rings. The SMILES string of the molecule is CSCC[C@H](NC(=O)CCO)C(=O)N[C@H](C(=O)N[C@@H](CC(=O)O)C(N)=O)[C@@H](C)O. The van der Waals surface area contributed by atoms with Gasteiger partial charge in [-0.2, -0.15) is 11.8 Å². The van der Waals surface area contributed by atoms with Gasteiger partial charge in [-0.3, -0.25) is 24.0 Å². The zero-order valence-electron chi connectivity index (χ0n) is 16.2. The molecule has 4 atom stereocenters. The second kappa shape index (κ2) is 13.7. The van der Waals surface area contributed by atoms with Crippen LogP contribution >= 0.6 is 11.8 Å². The summed E-state index contributed by atoms with van der Waals surface area (Å²) < 4.78 is 0. The summed E-state index contributed by atoms with van der Waals surface area (Å²) in [5.41, 5.74) is 5.06. The molecule has 4 amide bonds. The largest absolute Gasteiger partial charge is 0.481 e. The van der Waals surface area contributed by atoms with Gasteiger partial charge in [0.15, 0.2) is 0 Å². The molecule has 8 N–H and O–H groups in total. The van der Waals surface area contributed by atoms with E-state index in [0.29, 0.717) is 5.75 Å². The molecule has 0 saturated carbocycles. The molecule has 0 aliphatic carbocycles. The van der Waals surface area contributed by atoms with Gasteiger partial charge in [0.2, 0.25) is 23.6 Å². The van der Waals surface area contributed by atoms with Gasteiger partial charge < -0.3 is 37.0 Å². The van der Waals surface area contributed by atoms with Crippen molar-refractivity contribution in [2.75, 3.05) is 18.6 Å². The normalized spacial score (nSPS) is 14.8. The molecule has 0 aliphatic heterocycles. The summed E-state index contributed by atoms with van der Waals surface area (Å²) in [4.78, 5) is 58.7. The van der Waals surface area contributed by atoms with Crippen molar-refractivity contribution < 1.29 is 39.3 Å². The molecular weight excluding hydrogens is 408 g/mol. The molecule has 0 spiro atoms. The Morgan fingerprint density at radius 3 is 2.10 bits per heavy atom. The number of carboxylic acids is 1. The van der Waals surface area contributed by atoms with Crippen molar-refractivity contribution in [1.82, 2.24) is 16.0 Å². The van der Waals surface area contributed by atoms with Crippen LogP contribution in [-0.2, 0) is 24.0 Å². The number of nitrogens with one attached hydrogen (secondary N) is 3. The topological polar surface area (TPSA) is 208 Å². The minimum Gasteiger partial charge on any atom is -0.481 e. The van der Waals surface area contributed by atoms with Gasteiger partial charge in [-0.15, -0.1) is 0 Å². The number of carbonyl (C=O) groups excluding carboxylic acids is 4. The summed E-state index contributed by atoms with van der Waals surface area (Å²) >= 11 is 1.42. The van der Waals surface area contributed by atoms with Crippen molar-refractivity contribution in [1.29, 1.82) is 0 Å². The van der Waals surface area contributed by atoms with Crippen LogP contribution in [0.4, 0.5) is 0 Å². The Labute approximate surface area is 172 Å². The summed E-state index contributed by atoms with van der Waals surface area (Å²) in [6.45, 7) is 0.807. The first kappa shape index (κ1) is 26.6. The maximum atomic E-state index is 12.5. The lowest BCUT2D eigenvalue weighted by molar-refractivity contribution is -0.141. The number of nitrogens with two attached hydrogens (primary N) is 1. The predicted octanol–water partition coefficient (Wildman–Crippen LogP) is -3.08. The van der Waals surface area contributed by atoms with E-state index in [1.165, 1.54) is 18.7 Å². The fraction of sp³-hybridized carbons (Fsp3) is 0.688. The smallest absolute Gasteiger partial charge is 0.305 e. The Morgan fingerprint density at radius 1 is 1.03 bits per heavy atom. The molecule has 0 rings (SSSR count). The first-order valence-corrected chi connectivity index (χ1v) is 10.1. The number of aliphatic hydroxyl groups excluding tert-OH is 2. The number of aliphatic carboxylic acids is 1. The second-order valence-electron chi connectivity index (χ2n) is 6.16. The molecule has 0 heterocycles. The molecule has 166 valence electrons. The van der Waals surface area contributed by atoms with E-state index in [2.05, 4.69) is 16.0 Å². The van der Waals surface area contributed by atoms with E-state index in [9.17, 15) is 29.1 Å². The van der Waals surface area contributed by atoms with E-state index in [1.54, 1.807) is 6.26 Å². The quantitative estimate of drug-likeness (QED) is 0.147. The van der Waals surface area contributed by atoms with Crippen molar-refractivity contribution >= 4 is 41.4 Å². The molecule has 0 aromatic carbocycles. The molecule has 0 aromatic rings. The molecule has 0 fully saturated rings. The average molecular weight is 436 g/mol. The minimum absolute atomic E-state index is 0.209. The first-order valence-electron chi connectivity index (χ1n) is 8.72. The van der Waals surface area contributed by atoms with Gasteiger partial charge in [0.25, 0.3) is 0 Å². The van der Waals surface area contributed by atoms with Crippen LogP contribution in [0.5, 0.6) is 0 Å². The van der Waals surface area contributed by atoms with Gasteiger partial charge in [0.1, 0.15) is 18.1 Å². The molecule has 0 saturated heterocycles. The third kappa shape index (κ3) is 10.7. The molecule has 13 heteroatoms. The molecule has 0 bridgehead atoms. The maximum Gasteiger partial charge on any atom is 0.305 e. The number of thioether (sulfide) groups is 1. The summed E-state index contributed by atoms with van der Waals surface area (Å²) in [6.07, 6.45) is -0.357. The molecule has 12 nitrogen and oxygen atoms in total. The van der Waals surface area contributed by atoms with Crippen LogP contribution in [0.15, 0.2) is 0 Å². The van der Waals surface area contributed by atoms with Crippen molar-refractivity contribution in [3.63, 3.8) is 0 Å². The summed E-state index contributed by atoms with van der Waals surface area (Å²) in [6, 6.07) is -4.08. The number of aliphatic hydroxyl groups is 2. The number of rotatable bonds is 14. The molecular formula is C16H28N4O8S. The highest BCUT2D eigenvalue weighted by molar-refractivity contribution is 7.98. The lowest BCUT2D eigenvalue weighted by atomic mass is 10.1. The van der Waals surface area contributed by atoms with E-state index in [0.717, 1.165) is 0 Å². The third-order valence-electron chi connectivity index (χ3n) is 3.70. The predicted molar refractivity (Wildman–Crippen MR) is 104 cm³/mol. The number of amides is 4. The number of hydrogen-bond donors (Lipinski definition) is 7. The Kier molecular flexibility index (Phi) is 12.6. The standard InChI is InChI=1S/C16H28N4O8S/c1-8(22)13(16(28)19-10(14(17)26)7-12(24)25)20-15(27)9(4-6-29-2)18-11(23)3-5-21/h8-10,13,21-22H,3-7H2,1-2H3,(H2,17,26)(H,18,23)(H,19,28)(H,20,27)(H,24,25)/t8-,9+,10+,13+/m1/s1. The average Bonchev–Trinajstić information content (AvgIpc) is 2.61. The van der Waals surface area contributed by atoms with E-state index >= 15 is 0 Å². The number of primary amides is 1. The summed E-state index contributed by atoms with van der Waals surface area (Å²) in [5.74, 6) is -4.31. The molecule has 0 unspecified atom stereocenters. The number of carboxylic acid groups (broad SMARTS) is 1. The summed E-state index contributed by atoms with van der Waals surface area (Å²) in [5, 5.41) is 34.3. The Morgan fingerprint density at radius 2 is 1.66 bits per heavy atom. The van der Waals surface area contributed by atoms with Crippen LogP contribution in [0.3, 0.4) is 0 Å². The maximum absolute atomic E-state index is 12.5. The highest BCUT2D eigenvalue weighted by Gasteiger charge is 2.32. The fourth-order valence-electron chi connectivity index (χ4n) is 2.19. The lowest BCUT2D eigenvalue weighted by Crippen LogP contribution is -2.59. The van der Waals surface area contributed by atoms with E-state index in [1.807, 2.05) is 0 Å². The molecule has 0 aromatic heterocycles. The molecule has 29 heavy (non-hydrogen) atoms. The van der Waals surface area contributed by atoms with Gasteiger partial charge in [0, 0.05) is 6.42 Å². The summed E-state index contributed by atoms with van der Waals surface area (Å²) in [7, 11) is 0. The highest BCUT2D eigenvalue weighted by atomic mass is 32.2. The monoisotopic (exact) mass is 436 g/mol. The zero-order valence-corrected chi connectivity index (χ0v) is 17.0. The van der Waals surface area contributed by atoms with Crippen LogP contribution in [0, 0.1) is 0 Å². The highest BCUT2D eigenvalue weighted by Crippen LogP contribution is 2.04. The van der Waals surface area contributed by atoms with Gasteiger partial charge in [0.05, 0.1) is 19.1 Å². The van der Waals surface area contributed by atoms with Crippen molar-refractivity contribution in [3.05, 3.63) is 0 Å². The molecule has 0 radical (unpaired) electrons. The van der Waals surface area contributed by atoms with Gasteiger partial charge >= 0.3 is 5.97 Å². The van der Waals surface area contributed by atoms with Crippen LogP contribution in [0.1, 0.15) is 26.2 Å². The fourth-order valence-corrected chi connectivity index (χ4v) is 2.66. The van der Waals surface area contributed by atoms with Crippen LogP contribution < -0.4 is 21.7 Å². The van der Waals surface area contributed by atoms with Crippen LogP contribution in [-0.4, -0.2) is 87.8 Å². The van der Waals surface area contributed by atoms with Gasteiger partial charge in [-0.1, -0.05) is 0 Å². The van der Waals surface area contributed by atoms with Crippen LogP contribution in [0.25, 0.3) is 0 Å². The second-order valence-corrected chi connectivity index (χ2v) is 7.15. The number of hydrogen-bond acceptors (Lipinski definition) is 8. The zero-order chi connectivity index (χ0) is 22.6. The van der Waals surface area contributed by atoms with Crippen molar-refractivity contribution in [2.45, 2.75) is 50.4 Å². The lowest BCUT2D eigenvalue weighted by Gasteiger charge is -2.26. The van der Waals surface area contributed by atoms with Gasteiger partial charge in [-0.25, -0.2) is 0 Å². The van der Waals surface area contributed by atoms with Crippen molar-refractivity contribution in [3.8, 4) is 0 Å². The third-order valence-corrected chi connectivity index (χ3v) is 4.35. The van der Waals surface area contributed by atoms with Crippen LogP contribution in [0.2, 0.25) is 0 Å². The van der Waals surface area contributed by atoms with E-state index in [4.69, 9.17) is 15.9 Å². The Hall–Kier alpha value is -2.38. The Bertz CT molecular complexity index is 601. The minimum atomic E-state index is -1.53. The Balaban J connectivity index is 5.26. The van der Waals surface area contributed by atoms with E-state index in [-0.39, 0.29) is 12.8 Å². The van der Waals surface area contributed by atoms with Gasteiger partial charge in [-0.05, 0) is 25.4 Å². The number of carbonyl (C=O) groups is 5. The van der Waals surface area contributed by atoms with Crippen molar-refractivity contribution in [2.24, 2.45) is 5.73 Å². The first-order chi connectivity index (χ1) is 13.5.